The van der Waals surface area contributed by atoms with Gasteiger partial charge in [-0.15, -0.1) is 0 Å². The van der Waals surface area contributed by atoms with Crippen LogP contribution in [0.15, 0.2) is 0 Å². The van der Waals surface area contributed by atoms with E-state index in [9.17, 15) is 4.79 Å². The quantitative estimate of drug-likeness (QED) is 0.726. The van der Waals surface area contributed by atoms with Crippen LogP contribution in [0.2, 0.25) is 0 Å². The molecular weight excluding hydrogens is 314 g/mol. The Morgan fingerprint density at radius 3 is 2.36 bits per heavy atom. The first-order valence-corrected chi connectivity index (χ1v) is 10.5. The van der Waals surface area contributed by atoms with Crippen molar-refractivity contribution < 1.29 is 9.53 Å². The molecule has 0 saturated heterocycles. The van der Waals surface area contributed by atoms with Crippen molar-refractivity contribution in [3.05, 3.63) is 0 Å². The number of ether oxygens (including phenoxy) is 1. The molecule has 3 fully saturated rings. The zero-order valence-electron chi connectivity index (χ0n) is 15.8. The molecule has 1 amide bonds. The van der Waals surface area contributed by atoms with Gasteiger partial charge in [0.1, 0.15) is 0 Å². The fraction of sp³-hybridized carbons (Fsp3) is 0.950. The van der Waals surface area contributed by atoms with E-state index in [1.54, 1.807) is 0 Å². The van der Waals surface area contributed by atoms with Crippen LogP contribution in [-0.4, -0.2) is 36.2 Å². The highest BCUT2D eigenvalue weighted by molar-refractivity contribution is 5.79. The molecule has 0 aromatic carbocycles. The molecule has 0 heterocycles. The Bertz CT molecular complexity index is 437. The highest BCUT2D eigenvalue weighted by Crippen LogP contribution is 2.31. The topological polar surface area (TPSA) is 90.4 Å². The third-order valence-corrected chi connectivity index (χ3v) is 6.73. The number of rotatable bonds is 4. The summed E-state index contributed by atoms with van der Waals surface area (Å²) in [5.74, 6) is 1.07. The van der Waals surface area contributed by atoms with E-state index in [-0.39, 0.29) is 36.1 Å². The first-order chi connectivity index (χ1) is 12.0. The summed E-state index contributed by atoms with van der Waals surface area (Å²) < 4.78 is 6.28. The normalized spacial score (nSPS) is 42.8. The van der Waals surface area contributed by atoms with Gasteiger partial charge in [-0.3, -0.25) is 4.79 Å². The van der Waals surface area contributed by atoms with Gasteiger partial charge < -0.3 is 21.5 Å². The Morgan fingerprint density at radius 2 is 1.68 bits per heavy atom. The molecule has 25 heavy (non-hydrogen) atoms. The Hall–Kier alpha value is -0.650. The van der Waals surface area contributed by atoms with Crippen molar-refractivity contribution in [2.75, 3.05) is 0 Å². The van der Waals surface area contributed by atoms with Crippen molar-refractivity contribution in [3.8, 4) is 0 Å². The molecule has 3 saturated carbocycles. The molecule has 5 heteroatoms. The first-order valence-electron chi connectivity index (χ1n) is 10.5. The molecule has 0 aromatic rings. The summed E-state index contributed by atoms with van der Waals surface area (Å²) in [4.78, 5) is 12.6. The average Bonchev–Trinajstić information content (AvgIpc) is 2.60. The van der Waals surface area contributed by atoms with Crippen LogP contribution in [0.25, 0.3) is 0 Å². The lowest BCUT2D eigenvalue weighted by Crippen LogP contribution is -2.48. The van der Waals surface area contributed by atoms with E-state index in [0.717, 1.165) is 51.4 Å². The van der Waals surface area contributed by atoms with Crippen LogP contribution in [0.5, 0.6) is 0 Å². The monoisotopic (exact) mass is 351 g/mol. The molecule has 0 radical (unpaired) electrons. The minimum absolute atomic E-state index is 0.0672. The van der Waals surface area contributed by atoms with Gasteiger partial charge in [-0.05, 0) is 63.7 Å². The maximum Gasteiger partial charge on any atom is 0.223 e. The van der Waals surface area contributed by atoms with Crippen molar-refractivity contribution in [2.24, 2.45) is 23.3 Å². The fourth-order valence-electron chi connectivity index (χ4n) is 4.92. The van der Waals surface area contributed by atoms with Gasteiger partial charge >= 0.3 is 0 Å². The minimum atomic E-state index is 0.0672. The summed E-state index contributed by atoms with van der Waals surface area (Å²) >= 11 is 0. The largest absolute Gasteiger partial charge is 0.373 e. The fourth-order valence-corrected chi connectivity index (χ4v) is 4.92. The van der Waals surface area contributed by atoms with E-state index < -0.39 is 0 Å². The molecule has 5 N–H and O–H groups in total. The van der Waals surface area contributed by atoms with Crippen molar-refractivity contribution in [3.63, 3.8) is 0 Å². The lowest BCUT2D eigenvalue weighted by atomic mass is 9.83. The summed E-state index contributed by atoms with van der Waals surface area (Å²) in [6.07, 6.45) is 12.1. The SMILES string of the molecule is CC1CCCCC1NC(=O)C1CCC(OC2CCC(N)CC2N)CC1. The molecule has 0 aromatic heterocycles. The van der Waals surface area contributed by atoms with Gasteiger partial charge in [0, 0.05) is 24.0 Å². The highest BCUT2D eigenvalue weighted by Gasteiger charge is 2.33. The zero-order chi connectivity index (χ0) is 17.8. The lowest BCUT2D eigenvalue weighted by Gasteiger charge is -2.37. The van der Waals surface area contributed by atoms with Gasteiger partial charge in [0.15, 0.2) is 0 Å². The Balaban J connectivity index is 1.40. The van der Waals surface area contributed by atoms with Crippen LogP contribution < -0.4 is 16.8 Å². The van der Waals surface area contributed by atoms with Crippen LogP contribution in [0.3, 0.4) is 0 Å². The molecule has 144 valence electrons. The number of hydrogen-bond donors (Lipinski definition) is 3. The van der Waals surface area contributed by atoms with E-state index in [1.165, 1.54) is 19.3 Å². The van der Waals surface area contributed by atoms with Gasteiger partial charge in [-0.2, -0.15) is 0 Å². The summed E-state index contributed by atoms with van der Waals surface area (Å²) in [5, 5.41) is 3.33. The van der Waals surface area contributed by atoms with E-state index >= 15 is 0 Å². The maximum atomic E-state index is 12.6. The average molecular weight is 352 g/mol. The predicted octanol–water partition coefficient (Wildman–Crippen LogP) is 2.46. The number of hydrogen-bond acceptors (Lipinski definition) is 4. The molecule has 5 nitrogen and oxygen atoms in total. The van der Waals surface area contributed by atoms with Crippen LogP contribution in [0, 0.1) is 11.8 Å². The van der Waals surface area contributed by atoms with Gasteiger partial charge in [-0.25, -0.2) is 0 Å². The van der Waals surface area contributed by atoms with E-state index in [0.29, 0.717) is 12.0 Å². The van der Waals surface area contributed by atoms with Crippen molar-refractivity contribution in [2.45, 2.75) is 108 Å². The molecule has 0 aliphatic heterocycles. The summed E-state index contributed by atoms with van der Waals surface area (Å²) in [6, 6.07) is 0.689. The number of carbonyl (C=O) groups is 1. The van der Waals surface area contributed by atoms with Crippen LogP contribution >= 0.6 is 0 Å². The second-order valence-electron chi connectivity index (χ2n) is 8.76. The van der Waals surface area contributed by atoms with Crippen LogP contribution in [-0.2, 0) is 9.53 Å². The number of nitrogens with one attached hydrogen (secondary N) is 1. The summed E-state index contributed by atoms with van der Waals surface area (Å²) in [6.45, 7) is 2.27. The number of carbonyl (C=O) groups excluding carboxylic acids is 1. The van der Waals surface area contributed by atoms with Gasteiger partial charge in [-0.1, -0.05) is 19.8 Å². The van der Waals surface area contributed by atoms with E-state index in [1.807, 2.05) is 0 Å². The number of amides is 1. The lowest BCUT2D eigenvalue weighted by molar-refractivity contribution is -0.129. The second kappa shape index (κ2) is 8.83. The summed E-state index contributed by atoms with van der Waals surface area (Å²) in [7, 11) is 0. The van der Waals surface area contributed by atoms with Crippen LogP contribution in [0.4, 0.5) is 0 Å². The molecule has 5 atom stereocenters. The number of nitrogens with two attached hydrogens (primary N) is 2. The first kappa shape index (κ1) is 19.1. The smallest absolute Gasteiger partial charge is 0.223 e. The third kappa shape index (κ3) is 5.18. The Morgan fingerprint density at radius 1 is 0.960 bits per heavy atom. The Kier molecular flexibility index (Phi) is 6.75. The minimum Gasteiger partial charge on any atom is -0.373 e. The van der Waals surface area contributed by atoms with Crippen molar-refractivity contribution in [1.82, 2.24) is 5.32 Å². The summed E-state index contributed by atoms with van der Waals surface area (Å²) in [5.41, 5.74) is 12.2. The molecule has 0 spiro atoms. The highest BCUT2D eigenvalue weighted by atomic mass is 16.5. The van der Waals surface area contributed by atoms with Crippen molar-refractivity contribution in [1.29, 1.82) is 0 Å². The van der Waals surface area contributed by atoms with Crippen LogP contribution in [0.1, 0.15) is 77.6 Å². The zero-order valence-corrected chi connectivity index (χ0v) is 15.8. The maximum absolute atomic E-state index is 12.6. The van der Waals surface area contributed by atoms with E-state index in [2.05, 4.69) is 12.2 Å². The van der Waals surface area contributed by atoms with Crippen molar-refractivity contribution >= 4 is 5.91 Å². The molecule has 0 bridgehead atoms. The predicted molar refractivity (Wildman–Crippen MR) is 100.0 cm³/mol. The molecule has 3 rings (SSSR count). The van der Waals surface area contributed by atoms with E-state index in [4.69, 9.17) is 16.2 Å². The molecule has 3 aliphatic carbocycles. The van der Waals surface area contributed by atoms with Gasteiger partial charge in [0.05, 0.1) is 12.2 Å². The second-order valence-corrected chi connectivity index (χ2v) is 8.76. The van der Waals surface area contributed by atoms with Gasteiger partial charge in [0.2, 0.25) is 5.91 Å². The molecule has 5 unspecified atom stereocenters. The van der Waals surface area contributed by atoms with Gasteiger partial charge in [0.25, 0.3) is 0 Å². The molecular formula is C20H37N3O2. The standard InChI is InChI=1S/C20H37N3O2/c1-13-4-2-3-5-18(13)23-20(24)14-6-9-16(10-7-14)25-19-11-8-15(21)12-17(19)22/h13-19H,2-12,21-22H2,1H3,(H,23,24). The third-order valence-electron chi connectivity index (χ3n) is 6.73. The Labute approximate surface area is 152 Å². The molecule has 3 aliphatic rings.